The molecule has 0 heterocycles. The van der Waals surface area contributed by atoms with Gasteiger partial charge >= 0.3 is 0 Å². The summed E-state index contributed by atoms with van der Waals surface area (Å²) in [6.07, 6.45) is 0. The predicted molar refractivity (Wildman–Crippen MR) is 105 cm³/mol. The topological polar surface area (TPSA) is 119 Å². The lowest BCUT2D eigenvalue weighted by atomic mass is 9.92. The molecule has 8 nitrogen and oxygen atoms in total. The highest BCUT2D eigenvalue weighted by Gasteiger charge is 2.30. The molecule has 0 aliphatic heterocycles. The highest BCUT2D eigenvalue weighted by Crippen LogP contribution is 2.23. The maximum absolute atomic E-state index is 12.8. The van der Waals surface area contributed by atoms with Crippen molar-refractivity contribution in [2.45, 2.75) is 33.7 Å². The quantitative estimate of drug-likeness (QED) is 0.515. The summed E-state index contributed by atoms with van der Waals surface area (Å²) in [7, 11) is 1.67. The van der Waals surface area contributed by atoms with Gasteiger partial charge in [-0.15, -0.1) is 0 Å². The van der Waals surface area contributed by atoms with Gasteiger partial charge < -0.3 is 16.0 Å². The monoisotopic (exact) mass is 398 g/mol. The molecule has 0 aliphatic carbocycles. The molecular formula is C18H27ClN4O4. The molecule has 0 saturated carbocycles. The van der Waals surface area contributed by atoms with E-state index in [4.69, 9.17) is 17.3 Å². The molecule has 0 fully saturated rings. The van der Waals surface area contributed by atoms with Crippen LogP contribution in [0, 0.1) is 21.4 Å². The van der Waals surface area contributed by atoms with E-state index in [0.717, 1.165) is 6.07 Å². The van der Waals surface area contributed by atoms with Gasteiger partial charge in [0.2, 0.25) is 5.91 Å². The third-order valence-electron chi connectivity index (χ3n) is 4.22. The van der Waals surface area contributed by atoms with Crippen molar-refractivity contribution in [3.05, 3.63) is 38.9 Å². The number of hydrogen-bond acceptors (Lipinski definition) is 5. The van der Waals surface area contributed by atoms with E-state index in [9.17, 15) is 19.7 Å². The second-order valence-corrected chi connectivity index (χ2v) is 8.09. The number of nitrogens with two attached hydrogens (primary N) is 1. The van der Waals surface area contributed by atoms with E-state index in [1.165, 1.54) is 12.1 Å². The number of hydrogen-bond donors (Lipinski definition) is 2. The third kappa shape index (κ3) is 6.18. The van der Waals surface area contributed by atoms with Crippen molar-refractivity contribution in [2.24, 2.45) is 17.1 Å². The average Bonchev–Trinajstić information content (AvgIpc) is 2.57. The Morgan fingerprint density at radius 1 is 1.37 bits per heavy atom. The summed E-state index contributed by atoms with van der Waals surface area (Å²) in [5.74, 6) is -0.965. The Morgan fingerprint density at radius 3 is 2.41 bits per heavy atom. The van der Waals surface area contributed by atoms with Gasteiger partial charge in [-0.3, -0.25) is 19.7 Å². The fourth-order valence-electron chi connectivity index (χ4n) is 2.56. The van der Waals surface area contributed by atoms with Crippen LogP contribution in [0.3, 0.4) is 0 Å². The van der Waals surface area contributed by atoms with Crippen LogP contribution >= 0.6 is 11.6 Å². The van der Waals surface area contributed by atoms with E-state index in [0.29, 0.717) is 13.1 Å². The number of nitrogens with zero attached hydrogens (tertiary/aromatic N) is 2. The lowest BCUT2D eigenvalue weighted by Crippen LogP contribution is -2.52. The van der Waals surface area contributed by atoms with Crippen molar-refractivity contribution in [3.63, 3.8) is 0 Å². The Morgan fingerprint density at radius 2 is 1.96 bits per heavy atom. The van der Waals surface area contributed by atoms with Crippen LogP contribution in [-0.4, -0.2) is 47.8 Å². The first-order chi connectivity index (χ1) is 12.4. The molecule has 1 rings (SSSR count). The van der Waals surface area contributed by atoms with Crippen molar-refractivity contribution in [1.29, 1.82) is 0 Å². The van der Waals surface area contributed by atoms with Crippen LogP contribution in [0.1, 0.15) is 38.1 Å². The standard InChI is InChI=1S/C18H27ClN4O4/c1-11(2)15(17(25)22(5)10-18(3,4)9-20)21-16(24)13-7-6-12(23(26)27)8-14(13)19/h6-8,11,15H,9-10,20H2,1-5H3,(H,21,24). The number of halogens is 1. The second-order valence-electron chi connectivity index (χ2n) is 7.68. The molecule has 1 unspecified atom stereocenters. The number of carbonyl (C=O) groups excluding carboxylic acids is 2. The minimum atomic E-state index is -0.762. The summed E-state index contributed by atoms with van der Waals surface area (Å²) in [4.78, 5) is 37.1. The third-order valence-corrected chi connectivity index (χ3v) is 4.53. The van der Waals surface area contributed by atoms with E-state index in [-0.39, 0.29) is 33.5 Å². The minimum absolute atomic E-state index is 0.0470. The molecule has 1 atom stereocenters. The molecule has 0 aliphatic rings. The molecule has 9 heteroatoms. The Kier molecular flexibility index (Phi) is 7.74. The Bertz CT molecular complexity index is 721. The number of rotatable bonds is 8. The summed E-state index contributed by atoms with van der Waals surface area (Å²) in [5.41, 5.74) is 5.34. The summed E-state index contributed by atoms with van der Waals surface area (Å²) < 4.78 is 0. The number of carbonyl (C=O) groups is 2. The summed E-state index contributed by atoms with van der Waals surface area (Å²) in [6, 6.07) is 2.82. The van der Waals surface area contributed by atoms with E-state index < -0.39 is 16.9 Å². The number of nitro benzene ring substituents is 1. The Labute approximate surface area is 164 Å². The van der Waals surface area contributed by atoms with Gasteiger partial charge in [-0.05, 0) is 23.9 Å². The van der Waals surface area contributed by atoms with Crippen molar-refractivity contribution in [3.8, 4) is 0 Å². The maximum atomic E-state index is 12.8. The summed E-state index contributed by atoms with van der Waals surface area (Å²) in [6.45, 7) is 8.42. The fourth-order valence-corrected chi connectivity index (χ4v) is 2.82. The first-order valence-electron chi connectivity index (χ1n) is 8.59. The highest BCUT2D eigenvalue weighted by atomic mass is 35.5. The van der Waals surface area contributed by atoms with Gasteiger partial charge in [0.15, 0.2) is 0 Å². The van der Waals surface area contributed by atoms with E-state index in [2.05, 4.69) is 5.32 Å². The fraction of sp³-hybridized carbons (Fsp3) is 0.556. The highest BCUT2D eigenvalue weighted by molar-refractivity contribution is 6.34. The second kappa shape index (κ2) is 9.14. The van der Waals surface area contributed by atoms with E-state index >= 15 is 0 Å². The van der Waals surface area contributed by atoms with Gasteiger partial charge in [-0.2, -0.15) is 0 Å². The number of benzene rings is 1. The molecular weight excluding hydrogens is 372 g/mol. The molecule has 0 bridgehead atoms. The molecule has 150 valence electrons. The molecule has 1 aromatic rings. The largest absolute Gasteiger partial charge is 0.343 e. The minimum Gasteiger partial charge on any atom is -0.343 e. The predicted octanol–water partition coefficient (Wildman–Crippen LogP) is 2.45. The lowest BCUT2D eigenvalue weighted by Gasteiger charge is -2.32. The van der Waals surface area contributed by atoms with Crippen molar-refractivity contribution >= 4 is 29.1 Å². The molecule has 0 saturated heterocycles. The normalized spacial score (nSPS) is 12.6. The van der Waals surface area contributed by atoms with Crippen molar-refractivity contribution < 1.29 is 14.5 Å². The van der Waals surface area contributed by atoms with Gasteiger partial charge in [0.05, 0.1) is 15.5 Å². The number of likely N-dealkylation sites (N-methyl/N-ethyl adjacent to an activating group) is 1. The van der Waals surface area contributed by atoms with Crippen LogP contribution in [0.5, 0.6) is 0 Å². The zero-order valence-electron chi connectivity index (χ0n) is 16.3. The van der Waals surface area contributed by atoms with E-state index in [1.54, 1.807) is 11.9 Å². The van der Waals surface area contributed by atoms with Gasteiger partial charge in [-0.25, -0.2) is 0 Å². The molecule has 0 radical (unpaired) electrons. The van der Waals surface area contributed by atoms with Gasteiger partial charge in [0, 0.05) is 25.7 Å². The summed E-state index contributed by atoms with van der Waals surface area (Å²) in [5, 5.41) is 13.4. The number of nitrogens with one attached hydrogen (secondary N) is 1. The first-order valence-corrected chi connectivity index (χ1v) is 8.97. The number of amides is 2. The lowest BCUT2D eigenvalue weighted by molar-refractivity contribution is -0.384. The van der Waals surface area contributed by atoms with Crippen molar-refractivity contribution in [1.82, 2.24) is 10.2 Å². The SMILES string of the molecule is CC(C)C(NC(=O)c1ccc([N+](=O)[O-])cc1Cl)C(=O)N(C)CC(C)(C)CN. The number of non-ortho nitro benzene ring substituents is 1. The van der Waals surface area contributed by atoms with Crippen LogP contribution in [0.25, 0.3) is 0 Å². The molecule has 0 aromatic heterocycles. The van der Waals surface area contributed by atoms with Crippen molar-refractivity contribution in [2.75, 3.05) is 20.1 Å². The van der Waals surface area contributed by atoms with Crippen LogP contribution < -0.4 is 11.1 Å². The van der Waals surface area contributed by atoms with E-state index in [1.807, 2.05) is 27.7 Å². The molecule has 27 heavy (non-hydrogen) atoms. The maximum Gasteiger partial charge on any atom is 0.270 e. The average molecular weight is 399 g/mol. The Hall–Kier alpha value is -2.19. The van der Waals surface area contributed by atoms with Crippen LogP contribution in [-0.2, 0) is 4.79 Å². The first kappa shape index (κ1) is 22.9. The van der Waals surface area contributed by atoms with Gasteiger partial charge in [0.1, 0.15) is 6.04 Å². The zero-order chi connectivity index (χ0) is 20.9. The molecule has 2 amide bonds. The summed E-state index contributed by atoms with van der Waals surface area (Å²) >= 11 is 6.00. The zero-order valence-corrected chi connectivity index (χ0v) is 17.0. The van der Waals surface area contributed by atoms with Gasteiger partial charge in [0.25, 0.3) is 11.6 Å². The van der Waals surface area contributed by atoms with Crippen LogP contribution in [0.4, 0.5) is 5.69 Å². The number of nitro groups is 1. The molecule has 3 N–H and O–H groups in total. The van der Waals surface area contributed by atoms with Crippen LogP contribution in [0.2, 0.25) is 5.02 Å². The van der Waals surface area contributed by atoms with Gasteiger partial charge in [-0.1, -0.05) is 39.3 Å². The Balaban J connectivity index is 2.98. The smallest absolute Gasteiger partial charge is 0.270 e. The van der Waals surface area contributed by atoms with Crippen LogP contribution in [0.15, 0.2) is 18.2 Å². The molecule has 1 aromatic carbocycles. The molecule has 0 spiro atoms.